The molecule has 1 N–H and O–H groups in total. The molecule has 0 radical (unpaired) electrons. The van der Waals surface area contributed by atoms with Gasteiger partial charge in [-0.25, -0.2) is 17.5 Å². The number of nitrogens with zero attached hydrogens (tertiary/aromatic N) is 1. The van der Waals surface area contributed by atoms with Crippen molar-refractivity contribution in [1.82, 2.24) is 9.62 Å². The third-order valence-corrected chi connectivity index (χ3v) is 4.89. The number of nitrogens with one attached hydrogen (secondary N) is 1. The first-order valence-corrected chi connectivity index (χ1v) is 7.90. The SMILES string of the molecule is CC(=O)N1CCC(NS(=O)(=O)c2cccc(F)c2)CC1. The summed E-state index contributed by atoms with van der Waals surface area (Å²) in [5.74, 6) is -0.587. The number of halogens is 1. The number of hydrogen-bond acceptors (Lipinski definition) is 3. The van der Waals surface area contributed by atoms with Crippen LogP contribution in [0.4, 0.5) is 4.39 Å². The van der Waals surface area contributed by atoms with Gasteiger partial charge >= 0.3 is 0 Å². The molecule has 2 rings (SSSR count). The van der Waals surface area contributed by atoms with Crippen LogP contribution in [0.3, 0.4) is 0 Å². The van der Waals surface area contributed by atoms with Crippen LogP contribution in [-0.4, -0.2) is 38.4 Å². The van der Waals surface area contributed by atoms with E-state index in [4.69, 9.17) is 0 Å². The molecule has 110 valence electrons. The Morgan fingerprint density at radius 2 is 2.00 bits per heavy atom. The summed E-state index contributed by atoms with van der Waals surface area (Å²) in [5.41, 5.74) is 0. The number of benzene rings is 1. The molecule has 1 heterocycles. The van der Waals surface area contributed by atoms with E-state index in [1.54, 1.807) is 4.90 Å². The molecule has 0 atom stereocenters. The lowest BCUT2D eigenvalue weighted by atomic mass is 10.1. The lowest BCUT2D eigenvalue weighted by Gasteiger charge is -2.31. The van der Waals surface area contributed by atoms with Crippen molar-refractivity contribution in [1.29, 1.82) is 0 Å². The zero-order chi connectivity index (χ0) is 14.8. The van der Waals surface area contributed by atoms with Crippen molar-refractivity contribution in [3.8, 4) is 0 Å². The summed E-state index contributed by atoms with van der Waals surface area (Å²) in [6.07, 6.45) is 1.13. The van der Waals surface area contributed by atoms with Crippen molar-refractivity contribution in [3.05, 3.63) is 30.1 Å². The van der Waals surface area contributed by atoms with Crippen molar-refractivity contribution < 1.29 is 17.6 Å². The van der Waals surface area contributed by atoms with Gasteiger partial charge < -0.3 is 4.90 Å². The fourth-order valence-electron chi connectivity index (χ4n) is 2.23. The van der Waals surface area contributed by atoms with Crippen LogP contribution in [0.2, 0.25) is 0 Å². The van der Waals surface area contributed by atoms with E-state index in [2.05, 4.69) is 4.72 Å². The van der Waals surface area contributed by atoms with E-state index in [0.29, 0.717) is 25.9 Å². The summed E-state index contributed by atoms with van der Waals surface area (Å²) in [7, 11) is -3.71. The molecule has 0 saturated carbocycles. The molecule has 1 aromatic carbocycles. The van der Waals surface area contributed by atoms with Gasteiger partial charge in [-0.3, -0.25) is 4.79 Å². The molecule has 1 aliphatic heterocycles. The van der Waals surface area contributed by atoms with Gasteiger partial charge in [0.1, 0.15) is 5.82 Å². The van der Waals surface area contributed by atoms with Crippen molar-refractivity contribution in [2.24, 2.45) is 0 Å². The van der Waals surface area contributed by atoms with Crippen molar-refractivity contribution >= 4 is 15.9 Å². The standard InChI is InChI=1S/C13H17FN2O3S/c1-10(17)16-7-5-12(6-8-16)15-20(18,19)13-4-2-3-11(14)9-13/h2-4,9,12,15H,5-8H2,1H3. The van der Waals surface area contributed by atoms with Gasteiger partial charge in [0, 0.05) is 26.1 Å². The number of sulfonamides is 1. The van der Waals surface area contributed by atoms with Crippen LogP contribution < -0.4 is 4.72 Å². The molecular formula is C13H17FN2O3S. The lowest BCUT2D eigenvalue weighted by molar-refractivity contribution is -0.129. The summed E-state index contributed by atoms with van der Waals surface area (Å²) in [5, 5.41) is 0. The quantitative estimate of drug-likeness (QED) is 0.909. The number of carbonyl (C=O) groups excluding carboxylic acids is 1. The van der Waals surface area contributed by atoms with E-state index in [1.165, 1.54) is 25.1 Å². The van der Waals surface area contributed by atoms with Gasteiger partial charge in [0.25, 0.3) is 0 Å². The van der Waals surface area contributed by atoms with Gasteiger partial charge in [0.2, 0.25) is 15.9 Å². The van der Waals surface area contributed by atoms with Crippen LogP contribution in [0, 0.1) is 5.82 Å². The Labute approximate surface area is 117 Å². The maximum atomic E-state index is 13.1. The highest BCUT2D eigenvalue weighted by atomic mass is 32.2. The fraction of sp³-hybridized carbons (Fsp3) is 0.462. The summed E-state index contributed by atoms with van der Waals surface area (Å²) < 4.78 is 39.9. The van der Waals surface area contributed by atoms with Crippen LogP contribution in [0.25, 0.3) is 0 Å². The highest BCUT2D eigenvalue weighted by Gasteiger charge is 2.25. The molecule has 1 saturated heterocycles. The third-order valence-electron chi connectivity index (χ3n) is 3.37. The van der Waals surface area contributed by atoms with Gasteiger partial charge in [0.05, 0.1) is 4.90 Å². The highest BCUT2D eigenvalue weighted by Crippen LogP contribution is 2.15. The zero-order valence-corrected chi connectivity index (χ0v) is 12.0. The molecule has 1 aromatic rings. The summed E-state index contributed by atoms with van der Waals surface area (Å²) >= 11 is 0. The fourth-order valence-corrected chi connectivity index (χ4v) is 3.57. The Bertz CT molecular complexity index is 595. The molecular weight excluding hydrogens is 283 g/mol. The minimum Gasteiger partial charge on any atom is -0.343 e. The predicted octanol–water partition coefficient (Wildman–Crippen LogP) is 1.11. The maximum absolute atomic E-state index is 13.1. The van der Waals surface area contributed by atoms with Crippen LogP contribution >= 0.6 is 0 Å². The molecule has 1 aliphatic rings. The lowest BCUT2D eigenvalue weighted by Crippen LogP contribution is -2.45. The minimum atomic E-state index is -3.71. The molecule has 0 aromatic heterocycles. The molecule has 0 aliphatic carbocycles. The van der Waals surface area contributed by atoms with Gasteiger partial charge in [-0.05, 0) is 31.0 Å². The number of rotatable bonds is 3. The summed E-state index contributed by atoms with van der Waals surface area (Å²) in [6, 6.07) is 4.69. The molecule has 0 spiro atoms. The molecule has 1 amide bonds. The van der Waals surface area contributed by atoms with Crippen molar-refractivity contribution in [3.63, 3.8) is 0 Å². The Morgan fingerprint density at radius 1 is 1.35 bits per heavy atom. The number of amides is 1. The Kier molecular flexibility index (Phi) is 4.39. The molecule has 5 nitrogen and oxygen atoms in total. The predicted molar refractivity (Wildman–Crippen MR) is 72.0 cm³/mol. The van der Waals surface area contributed by atoms with Gasteiger partial charge in [0.15, 0.2) is 0 Å². The second-order valence-corrected chi connectivity index (χ2v) is 6.57. The van der Waals surface area contributed by atoms with E-state index in [-0.39, 0.29) is 16.8 Å². The molecule has 0 bridgehead atoms. The zero-order valence-electron chi connectivity index (χ0n) is 11.2. The largest absolute Gasteiger partial charge is 0.343 e. The second kappa shape index (κ2) is 5.88. The second-order valence-electron chi connectivity index (χ2n) is 4.86. The number of likely N-dealkylation sites (tertiary alicyclic amines) is 1. The first kappa shape index (κ1) is 14.9. The first-order valence-electron chi connectivity index (χ1n) is 6.42. The Morgan fingerprint density at radius 3 is 2.55 bits per heavy atom. The van der Waals surface area contributed by atoms with E-state index in [9.17, 15) is 17.6 Å². The smallest absolute Gasteiger partial charge is 0.240 e. The number of hydrogen-bond donors (Lipinski definition) is 1. The van der Waals surface area contributed by atoms with Gasteiger partial charge in [-0.2, -0.15) is 0 Å². The molecule has 0 unspecified atom stereocenters. The van der Waals surface area contributed by atoms with Crippen LogP contribution in [0.1, 0.15) is 19.8 Å². The first-order chi connectivity index (χ1) is 9.38. The average Bonchev–Trinajstić information content (AvgIpc) is 2.39. The minimum absolute atomic E-state index is 0.00330. The van der Waals surface area contributed by atoms with E-state index < -0.39 is 15.8 Å². The van der Waals surface area contributed by atoms with Crippen LogP contribution in [0.5, 0.6) is 0 Å². The highest BCUT2D eigenvalue weighted by molar-refractivity contribution is 7.89. The Balaban J connectivity index is 2.02. The monoisotopic (exact) mass is 300 g/mol. The third kappa shape index (κ3) is 3.55. The summed E-state index contributed by atoms with van der Waals surface area (Å²) in [4.78, 5) is 12.8. The topological polar surface area (TPSA) is 66.5 Å². The summed E-state index contributed by atoms with van der Waals surface area (Å²) in [6.45, 7) is 2.56. The molecule has 7 heteroatoms. The van der Waals surface area contributed by atoms with Crippen LogP contribution in [-0.2, 0) is 14.8 Å². The Hall–Kier alpha value is -1.47. The molecule has 1 fully saturated rings. The van der Waals surface area contributed by atoms with Gasteiger partial charge in [-0.1, -0.05) is 6.07 Å². The van der Waals surface area contributed by atoms with E-state index >= 15 is 0 Å². The normalized spacial score (nSPS) is 17.2. The van der Waals surface area contributed by atoms with Gasteiger partial charge in [-0.15, -0.1) is 0 Å². The average molecular weight is 300 g/mol. The van der Waals surface area contributed by atoms with E-state index in [1.807, 2.05) is 0 Å². The van der Waals surface area contributed by atoms with Crippen molar-refractivity contribution in [2.45, 2.75) is 30.7 Å². The maximum Gasteiger partial charge on any atom is 0.240 e. The van der Waals surface area contributed by atoms with Crippen LogP contribution in [0.15, 0.2) is 29.2 Å². The van der Waals surface area contributed by atoms with Crippen molar-refractivity contribution in [2.75, 3.05) is 13.1 Å². The number of piperidine rings is 1. The molecule has 20 heavy (non-hydrogen) atoms. The van der Waals surface area contributed by atoms with E-state index in [0.717, 1.165) is 6.07 Å². The number of carbonyl (C=O) groups is 1.